The summed E-state index contributed by atoms with van der Waals surface area (Å²) in [6.07, 6.45) is 3.08. The molecule has 0 saturated carbocycles. The highest BCUT2D eigenvalue weighted by molar-refractivity contribution is 14.0. The second-order valence-electron chi connectivity index (χ2n) is 7.48. The van der Waals surface area contributed by atoms with Crippen LogP contribution in [-0.2, 0) is 6.42 Å². The first-order valence-electron chi connectivity index (χ1n) is 10.3. The summed E-state index contributed by atoms with van der Waals surface area (Å²) in [5.74, 6) is 3.48. The number of nitrogens with zero attached hydrogens (tertiary/aromatic N) is 3. The number of likely N-dealkylation sites (tertiary alicyclic amines) is 1. The molecule has 1 unspecified atom stereocenters. The lowest BCUT2D eigenvalue weighted by Gasteiger charge is -2.21. The van der Waals surface area contributed by atoms with Gasteiger partial charge in [0.2, 0.25) is 0 Å². The highest BCUT2D eigenvalue weighted by Crippen LogP contribution is 2.28. The standard InChI is InChI=1S/C23H29N5O.HI/c1-24-23(25-14-5-8-22-26-20-6-3-4-7-21(20)27-22)28-15-13-18(16-28)17-9-11-19(29-2)12-10-17;/h3-4,6-7,9-12,18H,5,8,13-16H2,1-2H3,(H,24,25)(H,26,27);1H. The number of aliphatic imine (C=N–C) groups is 1. The molecule has 1 atom stereocenters. The third-order valence-electron chi connectivity index (χ3n) is 5.60. The van der Waals surface area contributed by atoms with E-state index >= 15 is 0 Å². The van der Waals surface area contributed by atoms with Crippen LogP contribution in [0.15, 0.2) is 53.5 Å². The van der Waals surface area contributed by atoms with Crippen molar-refractivity contribution in [3.63, 3.8) is 0 Å². The maximum atomic E-state index is 5.27. The zero-order valence-electron chi connectivity index (χ0n) is 17.6. The molecule has 7 heteroatoms. The van der Waals surface area contributed by atoms with Crippen molar-refractivity contribution in [3.05, 3.63) is 59.9 Å². The van der Waals surface area contributed by atoms with E-state index in [1.807, 2.05) is 37.4 Å². The Morgan fingerprint density at radius 1 is 1.23 bits per heavy atom. The molecule has 0 amide bonds. The number of methoxy groups -OCH3 is 1. The summed E-state index contributed by atoms with van der Waals surface area (Å²) in [4.78, 5) is 14.9. The van der Waals surface area contributed by atoms with Gasteiger partial charge in [0.1, 0.15) is 11.6 Å². The number of H-pyrrole nitrogens is 1. The van der Waals surface area contributed by atoms with Crippen LogP contribution in [0.1, 0.15) is 30.1 Å². The largest absolute Gasteiger partial charge is 0.497 e. The second kappa shape index (κ2) is 10.7. The second-order valence-corrected chi connectivity index (χ2v) is 7.48. The van der Waals surface area contributed by atoms with Gasteiger partial charge in [-0.2, -0.15) is 0 Å². The summed E-state index contributed by atoms with van der Waals surface area (Å²) >= 11 is 0. The number of ether oxygens (including phenoxy) is 1. The Balaban J connectivity index is 0.00000256. The fraction of sp³-hybridized carbons (Fsp3) is 0.391. The number of hydrogen-bond acceptors (Lipinski definition) is 3. The number of aromatic nitrogens is 2. The van der Waals surface area contributed by atoms with Gasteiger partial charge in [0.05, 0.1) is 18.1 Å². The van der Waals surface area contributed by atoms with Crippen molar-refractivity contribution in [2.24, 2.45) is 4.99 Å². The average molecular weight is 519 g/mol. The number of aromatic amines is 1. The van der Waals surface area contributed by atoms with Crippen LogP contribution in [0.3, 0.4) is 0 Å². The van der Waals surface area contributed by atoms with Crippen molar-refractivity contribution in [2.75, 3.05) is 33.8 Å². The zero-order valence-corrected chi connectivity index (χ0v) is 19.9. The van der Waals surface area contributed by atoms with Gasteiger partial charge in [-0.1, -0.05) is 24.3 Å². The Bertz CT molecular complexity index is 936. The van der Waals surface area contributed by atoms with E-state index in [2.05, 4.69) is 43.4 Å². The topological polar surface area (TPSA) is 65.5 Å². The Labute approximate surface area is 195 Å². The van der Waals surface area contributed by atoms with Gasteiger partial charge >= 0.3 is 0 Å². The Morgan fingerprint density at radius 3 is 2.77 bits per heavy atom. The van der Waals surface area contributed by atoms with Gasteiger partial charge in [-0.25, -0.2) is 4.98 Å². The first-order valence-corrected chi connectivity index (χ1v) is 10.3. The van der Waals surface area contributed by atoms with Crippen LogP contribution in [0, 0.1) is 0 Å². The van der Waals surface area contributed by atoms with Crippen LogP contribution in [0.5, 0.6) is 5.75 Å². The van der Waals surface area contributed by atoms with Crippen LogP contribution in [0.4, 0.5) is 0 Å². The molecule has 3 aromatic rings. The molecule has 2 heterocycles. The van der Waals surface area contributed by atoms with Crippen LogP contribution in [0.25, 0.3) is 11.0 Å². The smallest absolute Gasteiger partial charge is 0.193 e. The van der Waals surface area contributed by atoms with E-state index in [9.17, 15) is 0 Å². The molecule has 6 nitrogen and oxygen atoms in total. The van der Waals surface area contributed by atoms with Gasteiger partial charge in [-0.15, -0.1) is 24.0 Å². The number of benzene rings is 2. The van der Waals surface area contributed by atoms with Gasteiger partial charge in [0.15, 0.2) is 5.96 Å². The molecule has 160 valence electrons. The maximum Gasteiger partial charge on any atom is 0.193 e. The van der Waals surface area contributed by atoms with Crippen LogP contribution < -0.4 is 10.1 Å². The summed E-state index contributed by atoms with van der Waals surface area (Å²) in [5.41, 5.74) is 3.51. The van der Waals surface area contributed by atoms with Crippen LogP contribution in [0.2, 0.25) is 0 Å². The Hall–Kier alpha value is -2.29. The number of aryl methyl sites for hydroxylation is 1. The highest BCUT2D eigenvalue weighted by atomic mass is 127. The van der Waals surface area contributed by atoms with E-state index < -0.39 is 0 Å². The molecule has 1 aromatic heterocycles. The van der Waals surface area contributed by atoms with Crippen molar-refractivity contribution < 1.29 is 4.74 Å². The molecular formula is C23H30IN5O. The fourth-order valence-electron chi connectivity index (χ4n) is 4.01. The first-order chi connectivity index (χ1) is 14.3. The maximum absolute atomic E-state index is 5.27. The average Bonchev–Trinajstić information content (AvgIpc) is 3.41. The normalized spacial score (nSPS) is 16.5. The van der Waals surface area contributed by atoms with Gasteiger partial charge in [0, 0.05) is 39.0 Å². The van der Waals surface area contributed by atoms with E-state index in [1.54, 1.807) is 7.11 Å². The molecule has 30 heavy (non-hydrogen) atoms. The predicted molar refractivity (Wildman–Crippen MR) is 133 cm³/mol. The number of rotatable bonds is 6. The summed E-state index contributed by atoms with van der Waals surface area (Å²) in [6.45, 7) is 2.91. The molecule has 1 aliphatic heterocycles. The number of nitrogens with one attached hydrogen (secondary N) is 2. The molecule has 2 aromatic carbocycles. The van der Waals surface area contributed by atoms with Gasteiger partial charge < -0.3 is 19.9 Å². The van der Waals surface area contributed by atoms with Crippen LogP contribution in [-0.4, -0.2) is 54.6 Å². The molecule has 0 aliphatic carbocycles. The summed E-state index contributed by atoms with van der Waals surface area (Å²) in [7, 11) is 3.57. The van der Waals surface area contributed by atoms with Crippen molar-refractivity contribution in [2.45, 2.75) is 25.2 Å². The number of fused-ring (bicyclic) bond motifs is 1. The predicted octanol–water partition coefficient (Wildman–Crippen LogP) is 4.19. The lowest BCUT2D eigenvalue weighted by atomic mass is 9.98. The zero-order chi connectivity index (χ0) is 20.1. The van der Waals surface area contributed by atoms with E-state index in [-0.39, 0.29) is 24.0 Å². The quantitative estimate of drug-likeness (QED) is 0.222. The van der Waals surface area contributed by atoms with E-state index in [4.69, 9.17) is 4.74 Å². The van der Waals surface area contributed by atoms with Gasteiger partial charge in [-0.3, -0.25) is 4.99 Å². The monoisotopic (exact) mass is 519 g/mol. The van der Waals surface area contributed by atoms with E-state index in [0.717, 1.165) is 67.5 Å². The molecule has 1 aliphatic rings. The summed E-state index contributed by atoms with van der Waals surface area (Å²) in [5, 5.41) is 3.52. The third kappa shape index (κ3) is 5.24. The molecule has 0 bridgehead atoms. The number of halogens is 1. The number of guanidine groups is 1. The van der Waals surface area contributed by atoms with Gasteiger partial charge in [-0.05, 0) is 42.7 Å². The minimum absolute atomic E-state index is 0. The van der Waals surface area contributed by atoms with E-state index in [0.29, 0.717) is 5.92 Å². The molecular weight excluding hydrogens is 489 g/mol. The number of hydrogen-bond donors (Lipinski definition) is 2. The summed E-state index contributed by atoms with van der Waals surface area (Å²) in [6, 6.07) is 16.6. The van der Waals surface area contributed by atoms with Crippen molar-refractivity contribution in [1.29, 1.82) is 0 Å². The van der Waals surface area contributed by atoms with E-state index in [1.165, 1.54) is 5.56 Å². The molecule has 1 fully saturated rings. The van der Waals surface area contributed by atoms with Crippen molar-refractivity contribution in [3.8, 4) is 5.75 Å². The number of para-hydroxylation sites is 2. The fourth-order valence-corrected chi connectivity index (χ4v) is 4.01. The molecule has 4 rings (SSSR count). The third-order valence-corrected chi connectivity index (χ3v) is 5.60. The lowest BCUT2D eigenvalue weighted by molar-refractivity contribution is 0.414. The minimum Gasteiger partial charge on any atom is -0.497 e. The Kier molecular flexibility index (Phi) is 7.95. The molecule has 2 N–H and O–H groups in total. The van der Waals surface area contributed by atoms with Crippen LogP contribution >= 0.6 is 24.0 Å². The summed E-state index contributed by atoms with van der Waals surface area (Å²) < 4.78 is 5.27. The molecule has 0 spiro atoms. The van der Waals surface area contributed by atoms with Crippen molar-refractivity contribution in [1.82, 2.24) is 20.2 Å². The SMILES string of the molecule is CN=C(NCCCc1nc2ccccc2[nH]1)N1CCC(c2ccc(OC)cc2)C1.I. The first kappa shape index (κ1) is 22.4. The van der Waals surface area contributed by atoms with Crippen molar-refractivity contribution >= 4 is 41.0 Å². The number of imidazole rings is 1. The molecule has 0 radical (unpaired) electrons. The minimum atomic E-state index is 0. The highest BCUT2D eigenvalue weighted by Gasteiger charge is 2.25. The van der Waals surface area contributed by atoms with Gasteiger partial charge in [0.25, 0.3) is 0 Å². The molecule has 1 saturated heterocycles. The Morgan fingerprint density at radius 2 is 2.03 bits per heavy atom. The lowest BCUT2D eigenvalue weighted by Crippen LogP contribution is -2.40.